The zero-order chi connectivity index (χ0) is 11.6. The standard InChI is InChI=1S/C12H16N2OS/c1-2-9-3-4-12(7-9,8-13)10(15)11-14-5-6-16-11/h5-6,9-10,15H,2-4,7H2,1H3. The van der Waals surface area contributed by atoms with E-state index in [1.807, 2.05) is 5.38 Å². The van der Waals surface area contributed by atoms with Gasteiger partial charge in [-0.1, -0.05) is 13.3 Å². The van der Waals surface area contributed by atoms with E-state index in [0.717, 1.165) is 25.7 Å². The Hall–Kier alpha value is -0.920. The molecule has 0 saturated heterocycles. The van der Waals surface area contributed by atoms with Gasteiger partial charge in [0.2, 0.25) is 0 Å². The molecule has 0 aromatic carbocycles. The first-order chi connectivity index (χ1) is 7.72. The normalized spacial score (nSPS) is 31.2. The first kappa shape index (κ1) is 11.6. The number of aromatic nitrogens is 1. The molecule has 0 spiro atoms. The van der Waals surface area contributed by atoms with E-state index in [9.17, 15) is 10.4 Å². The van der Waals surface area contributed by atoms with E-state index in [1.165, 1.54) is 11.3 Å². The smallest absolute Gasteiger partial charge is 0.124 e. The van der Waals surface area contributed by atoms with Gasteiger partial charge in [-0.25, -0.2) is 4.98 Å². The fraction of sp³-hybridized carbons (Fsp3) is 0.667. The second kappa shape index (κ2) is 4.52. The lowest BCUT2D eigenvalue weighted by molar-refractivity contribution is 0.0638. The maximum atomic E-state index is 10.3. The van der Waals surface area contributed by atoms with Crippen molar-refractivity contribution in [1.29, 1.82) is 5.26 Å². The summed E-state index contributed by atoms with van der Waals surface area (Å²) in [5.41, 5.74) is -0.599. The fourth-order valence-corrected chi connectivity index (χ4v) is 3.28. The minimum atomic E-state index is -0.714. The molecule has 1 N–H and O–H groups in total. The summed E-state index contributed by atoms with van der Waals surface area (Å²) >= 11 is 1.43. The minimum absolute atomic E-state index is 0.578. The molecule has 1 aromatic rings. The van der Waals surface area contributed by atoms with Gasteiger partial charge >= 0.3 is 0 Å². The third-order valence-corrected chi connectivity index (χ3v) is 4.49. The van der Waals surface area contributed by atoms with Gasteiger partial charge in [-0.05, 0) is 25.2 Å². The van der Waals surface area contributed by atoms with Crippen molar-refractivity contribution in [1.82, 2.24) is 4.98 Å². The first-order valence-electron chi connectivity index (χ1n) is 5.70. The average Bonchev–Trinajstić information content (AvgIpc) is 2.98. The molecule has 4 heteroatoms. The van der Waals surface area contributed by atoms with Crippen molar-refractivity contribution >= 4 is 11.3 Å². The molecule has 1 saturated carbocycles. The maximum absolute atomic E-state index is 10.3. The molecule has 1 aliphatic rings. The number of hydrogen-bond donors (Lipinski definition) is 1. The molecule has 1 aliphatic carbocycles. The molecular weight excluding hydrogens is 220 g/mol. The van der Waals surface area contributed by atoms with E-state index < -0.39 is 11.5 Å². The minimum Gasteiger partial charge on any atom is -0.384 e. The summed E-state index contributed by atoms with van der Waals surface area (Å²) in [6.07, 6.45) is 4.71. The van der Waals surface area contributed by atoms with Crippen LogP contribution in [0.5, 0.6) is 0 Å². The largest absolute Gasteiger partial charge is 0.384 e. The molecule has 0 bridgehead atoms. The third-order valence-electron chi connectivity index (χ3n) is 3.66. The molecular formula is C12H16N2OS. The van der Waals surface area contributed by atoms with Crippen LogP contribution < -0.4 is 0 Å². The summed E-state index contributed by atoms with van der Waals surface area (Å²) in [6, 6.07) is 2.35. The second-order valence-electron chi connectivity index (χ2n) is 4.56. The second-order valence-corrected chi connectivity index (χ2v) is 5.48. The highest BCUT2D eigenvalue weighted by atomic mass is 32.1. The highest BCUT2D eigenvalue weighted by Crippen LogP contribution is 2.50. The van der Waals surface area contributed by atoms with Gasteiger partial charge in [0.1, 0.15) is 11.1 Å². The van der Waals surface area contributed by atoms with Crippen LogP contribution in [0.15, 0.2) is 11.6 Å². The highest BCUT2D eigenvalue weighted by molar-refractivity contribution is 7.09. The number of rotatable bonds is 3. The van der Waals surface area contributed by atoms with Crippen molar-refractivity contribution in [3.63, 3.8) is 0 Å². The van der Waals surface area contributed by atoms with Crippen LogP contribution >= 0.6 is 11.3 Å². The van der Waals surface area contributed by atoms with Crippen LogP contribution in [0.25, 0.3) is 0 Å². The number of nitriles is 1. The van der Waals surface area contributed by atoms with Crippen molar-refractivity contribution in [3.8, 4) is 6.07 Å². The van der Waals surface area contributed by atoms with Gasteiger partial charge in [0.05, 0.1) is 11.5 Å². The Morgan fingerprint density at radius 1 is 1.81 bits per heavy atom. The number of hydrogen-bond acceptors (Lipinski definition) is 4. The summed E-state index contributed by atoms with van der Waals surface area (Å²) in [7, 11) is 0. The zero-order valence-electron chi connectivity index (χ0n) is 9.39. The van der Waals surface area contributed by atoms with Gasteiger partial charge in [0.25, 0.3) is 0 Å². The third kappa shape index (κ3) is 1.85. The predicted octanol–water partition coefficient (Wildman–Crippen LogP) is 2.90. The first-order valence-corrected chi connectivity index (χ1v) is 6.58. The molecule has 1 aromatic heterocycles. The Labute approximate surface area is 99.8 Å². The van der Waals surface area contributed by atoms with Crippen LogP contribution in [0.3, 0.4) is 0 Å². The van der Waals surface area contributed by atoms with Gasteiger partial charge in [-0.15, -0.1) is 11.3 Å². The highest BCUT2D eigenvalue weighted by Gasteiger charge is 2.46. The molecule has 2 rings (SSSR count). The van der Waals surface area contributed by atoms with Crippen LogP contribution in [0.2, 0.25) is 0 Å². The molecule has 3 nitrogen and oxygen atoms in total. The van der Waals surface area contributed by atoms with E-state index in [4.69, 9.17) is 0 Å². The number of aliphatic hydroxyl groups excluding tert-OH is 1. The van der Waals surface area contributed by atoms with E-state index in [-0.39, 0.29) is 0 Å². The van der Waals surface area contributed by atoms with E-state index in [1.54, 1.807) is 6.20 Å². The summed E-state index contributed by atoms with van der Waals surface area (Å²) in [6.45, 7) is 2.15. The van der Waals surface area contributed by atoms with Crippen molar-refractivity contribution in [2.24, 2.45) is 11.3 Å². The zero-order valence-corrected chi connectivity index (χ0v) is 10.2. The molecule has 1 fully saturated rings. The molecule has 3 atom stereocenters. The van der Waals surface area contributed by atoms with Crippen molar-refractivity contribution < 1.29 is 5.11 Å². The van der Waals surface area contributed by atoms with Gasteiger partial charge in [0.15, 0.2) is 0 Å². The molecule has 0 amide bonds. The number of thiazole rings is 1. The summed E-state index contributed by atoms with van der Waals surface area (Å²) in [5, 5.41) is 22.2. The molecule has 3 unspecified atom stereocenters. The van der Waals surface area contributed by atoms with E-state index in [2.05, 4.69) is 18.0 Å². The van der Waals surface area contributed by atoms with E-state index in [0.29, 0.717) is 10.9 Å². The van der Waals surface area contributed by atoms with Crippen molar-refractivity contribution in [3.05, 3.63) is 16.6 Å². The lowest BCUT2D eigenvalue weighted by Crippen LogP contribution is -2.24. The molecule has 86 valence electrons. The summed E-state index contributed by atoms with van der Waals surface area (Å²) in [5.74, 6) is 0.578. The summed E-state index contributed by atoms with van der Waals surface area (Å²) < 4.78 is 0. The number of nitrogens with zero attached hydrogens (tertiary/aromatic N) is 2. The van der Waals surface area contributed by atoms with Crippen molar-refractivity contribution in [2.75, 3.05) is 0 Å². The Balaban J connectivity index is 2.20. The monoisotopic (exact) mass is 236 g/mol. The Morgan fingerprint density at radius 3 is 3.12 bits per heavy atom. The van der Waals surface area contributed by atoms with Crippen LogP contribution in [0.4, 0.5) is 0 Å². The molecule has 1 heterocycles. The molecule has 16 heavy (non-hydrogen) atoms. The fourth-order valence-electron chi connectivity index (χ4n) is 2.55. The van der Waals surface area contributed by atoms with Gasteiger partial charge in [-0.3, -0.25) is 0 Å². The van der Waals surface area contributed by atoms with Gasteiger partial charge in [-0.2, -0.15) is 5.26 Å². The lowest BCUT2D eigenvalue weighted by Gasteiger charge is -2.25. The predicted molar refractivity (Wildman–Crippen MR) is 62.8 cm³/mol. The van der Waals surface area contributed by atoms with E-state index >= 15 is 0 Å². The Bertz CT molecular complexity index is 384. The topological polar surface area (TPSA) is 56.9 Å². The Morgan fingerprint density at radius 2 is 2.62 bits per heavy atom. The SMILES string of the molecule is CCC1CCC(C#N)(C(O)c2nccs2)C1. The van der Waals surface area contributed by atoms with Crippen LogP contribution in [-0.4, -0.2) is 10.1 Å². The summed E-state index contributed by atoms with van der Waals surface area (Å²) in [4.78, 5) is 4.12. The average molecular weight is 236 g/mol. The van der Waals surface area contributed by atoms with Gasteiger partial charge < -0.3 is 5.11 Å². The lowest BCUT2D eigenvalue weighted by atomic mass is 9.81. The molecule has 0 aliphatic heterocycles. The van der Waals surface area contributed by atoms with Crippen LogP contribution in [0, 0.1) is 22.7 Å². The molecule has 0 radical (unpaired) electrons. The van der Waals surface area contributed by atoms with Crippen LogP contribution in [-0.2, 0) is 0 Å². The number of aliphatic hydroxyl groups is 1. The maximum Gasteiger partial charge on any atom is 0.124 e. The van der Waals surface area contributed by atoms with Gasteiger partial charge in [0, 0.05) is 11.6 Å². The quantitative estimate of drug-likeness (QED) is 0.878. The van der Waals surface area contributed by atoms with Crippen molar-refractivity contribution in [2.45, 2.75) is 38.7 Å². The van der Waals surface area contributed by atoms with Crippen LogP contribution in [0.1, 0.15) is 43.7 Å². The Kier molecular flexibility index (Phi) is 3.27.